The molecule has 7 nitrogen and oxygen atoms in total. The number of amides is 2. The van der Waals surface area contributed by atoms with Crippen molar-refractivity contribution in [3.05, 3.63) is 76.4 Å². The predicted molar refractivity (Wildman–Crippen MR) is 115 cm³/mol. The molecule has 0 unspecified atom stereocenters. The van der Waals surface area contributed by atoms with Crippen LogP contribution in [0.4, 0.5) is 0 Å². The Morgan fingerprint density at radius 1 is 1.19 bits per heavy atom. The summed E-state index contributed by atoms with van der Waals surface area (Å²) in [6.07, 6.45) is 3.04. The Morgan fingerprint density at radius 2 is 1.97 bits per heavy atom. The molecule has 1 aliphatic heterocycles. The van der Waals surface area contributed by atoms with Crippen molar-refractivity contribution < 1.29 is 18.4 Å². The minimum absolute atomic E-state index is 0.0948. The molecule has 0 N–H and O–H groups in total. The summed E-state index contributed by atoms with van der Waals surface area (Å²) < 4.78 is 10.6. The maximum absolute atomic E-state index is 13.2. The van der Waals surface area contributed by atoms with Crippen LogP contribution < -0.4 is 0 Å². The number of pyridine rings is 1. The fourth-order valence-corrected chi connectivity index (χ4v) is 4.07. The van der Waals surface area contributed by atoms with Crippen molar-refractivity contribution in [1.82, 2.24) is 14.8 Å². The normalized spacial score (nSPS) is 14.6. The molecule has 1 aliphatic rings. The molecular weight excluding hydrogens is 418 g/mol. The molecule has 8 heteroatoms. The topological polar surface area (TPSA) is 79.8 Å². The van der Waals surface area contributed by atoms with Crippen molar-refractivity contribution in [2.24, 2.45) is 0 Å². The van der Waals surface area contributed by atoms with Crippen LogP contribution in [0.3, 0.4) is 0 Å². The quantitative estimate of drug-likeness (QED) is 0.581. The number of furan rings is 2. The number of halogens is 1. The molecule has 2 amide bonds. The van der Waals surface area contributed by atoms with Crippen LogP contribution in [-0.2, 0) is 6.54 Å². The summed E-state index contributed by atoms with van der Waals surface area (Å²) in [6.45, 7) is 3.43. The maximum atomic E-state index is 13.2. The molecule has 4 rings (SSSR count). The second-order valence-electron chi connectivity index (χ2n) is 7.80. The van der Waals surface area contributed by atoms with Gasteiger partial charge in [0.2, 0.25) is 0 Å². The zero-order valence-corrected chi connectivity index (χ0v) is 18.3. The lowest BCUT2D eigenvalue weighted by Gasteiger charge is -2.32. The van der Waals surface area contributed by atoms with E-state index in [2.05, 4.69) is 0 Å². The summed E-state index contributed by atoms with van der Waals surface area (Å²) in [6, 6.07) is 10.5. The highest BCUT2D eigenvalue weighted by molar-refractivity contribution is 6.29. The van der Waals surface area contributed by atoms with Crippen LogP contribution in [0.5, 0.6) is 0 Å². The standard InChI is InChI=1S/C23H24ClN3O4/c1-15-5-6-18(22(28)26(2)14-17-4-3-13-30-17)21(25-15)16-9-11-27(12-10-16)23(29)19-7-8-20(24)31-19/h3-8,13,16H,9-12,14H2,1-2H3. The van der Waals surface area contributed by atoms with Crippen molar-refractivity contribution >= 4 is 23.4 Å². The van der Waals surface area contributed by atoms with Crippen LogP contribution in [0.25, 0.3) is 0 Å². The molecule has 0 saturated carbocycles. The van der Waals surface area contributed by atoms with E-state index in [0.717, 1.165) is 30.0 Å². The molecule has 1 saturated heterocycles. The van der Waals surface area contributed by atoms with E-state index >= 15 is 0 Å². The number of hydrogen-bond acceptors (Lipinski definition) is 5. The van der Waals surface area contributed by atoms with Crippen molar-refractivity contribution in [1.29, 1.82) is 0 Å². The fraction of sp³-hybridized carbons (Fsp3) is 0.348. The third kappa shape index (κ3) is 4.66. The SMILES string of the molecule is Cc1ccc(C(=O)N(C)Cc2ccco2)c(C2CCN(C(=O)c3ccc(Cl)o3)CC2)n1. The largest absolute Gasteiger partial charge is 0.467 e. The minimum atomic E-state index is -0.169. The highest BCUT2D eigenvalue weighted by atomic mass is 35.5. The first-order chi connectivity index (χ1) is 14.9. The first-order valence-electron chi connectivity index (χ1n) is 10.2. The summed E-state index contributed by atoms with van der Waals surface area (Å²) in [7, 11) is 1.75. The van der Waals surface area contributed by atoms with E-state index in [0.29, 0.717) is 25.2 Å². The van der Waals surface area contributed by atoms with Crippen molar-refractivity contribution in [2.75, 3.05) is 20.1 Å². The van der Waals surface area contributed by atoms with E-state index in [-0.39, 0.29) is 28.7 Å². The lowest BCUT2D eigenvalue weighted by atomic mass is 9.89. The summed E-state index contributed by atoms with van der Waals surface area (Å²) in [5.41, 5.74) is 2.26. The Morgan fingerprint density at radius 3 is 2.61 bits per heavy atom. The average Bonchev–Trinajstić information content (AvgIpc) is 3.44. The van der Waals surface area contributed by atoms with Gasteiger partial charge in [0.1, 0.15) is 5.76 Å². The van der Waals surface area contributed by atoms with Crippen molar-refractivity contribution in [3.63, 3.8) is 0 Å². The number of carbonyl (C=O) groups excluding carboxylic acids is 2. The van der Waals surface area contributed by atoms with Crippen molar-refractivity contribution in [2.45, 2.75) is 32.2 Å². The van der Waals surface area contributed by atoms with Gasteiger partial charge in [0.05, 0.1) is 24.1 Å². The van der Waals surface area contributed by atoms with Gasteiger partial charge in [-0.3, -0.25) is 14.6 Å². The molecule has 1 fully saturated rings. The van der Waals surface area contributed by atoms with E-state index < -0.39 is 0 Å². The van der Waals surface area contributed by atoms with E-state index in [1.54, 1.807) is 41.3 Å². The van der Waals surface area contributed by atoms with Crippen LogP contribution in [0, 0.1) is 6.92 Å². The van der Waals surface area contributed by atoms with Gasteiger partial charge in [-0.15, -0.1) is 0 Å². The van der Waals surface area contributed by atoms with Gasteiger partial charge in [0.15, 0.2) is 11.0 Å². The molecule has 0 radical (unpaired) electrons. The molecule has 162 valence electrons. The third-order valence-electron chi connectivity index (χ3n) is 5.57. The fourth-order valence-electron chi connectivity index (χ4n) is 3.92. The zero-order valence-electron chi connectivity index (χ0n) is 17.5. The maximum Gasteiger partial charge on any atom is 0.289 e. The lowest BCUT2D eigenvalue weighted by molar-refractivity contribution is 0.0676. The Bertz CT molecular complexity index is 1070. The molecule has 0 spiro atoms. The van der Waals surface area contributed by atoms with Gasteiger partial charge in [0.25, 0.3) is 11.8 Å². The second kappa shape index (κ2) is 8.98. The third-order valence-corrected chi connectivity index (χ3v) is 5.77. The van der Waals surface area contributed by atoms with Gasteiger partial charge in [-0.1, -0.05) is 0 Å². The average molecular weight is 442 g/mol. The van der Waals surface area contributed by atoms with Crippen LogP contribution in [0.15, 0.2) is 51.5 Å². The van der Waals surface area contributed by atoms with E-state index in [1.807, 2.05) is 25.1 Å². The number of aromatic nitrogens is 1. The van der Waals surface area contributed by atoms with Gasteiger partial charge in [0, 0.05) is 31.7 Å². The number of carbonyl (C=O) groups is 2. The van der Waals surface area contributed by atoms with Crippen molar-refractivity contribution in [3.8, 4) is 0 Å². The van der Waals surface area contributed by atoms with E-state index in [9.17, 15) is 9.59 Å². The number of nitrogens with zero attached hydrogens (tertiary/aromatic N) is 3. The molecule has 31 heavy (non-hydrogen) atoms. The second-order valence-corrected chi connectivity index (χ2v) is 8.17. The molecule has 0 aliphatic carbocycles. The van der Waals surface area contributed by atoms with Gasteiger partial charge in [-0.25, -0.2) is 0 Å². The Balaban J connectivity index is 1.48. The van der Waals surface area contributed by atoms with Gasteiger partial charge in [-0.05, 0) is 67.8 Å². The van der Waals surface area contributed by atoms with Gasteiger partial charge >= 0.3 is 0 Å². The molecule has 0 atom stereocenters. The van der Waals surface area contributed by atoms with Gasteiger partial charge in [-0.2, -0.15) is 0 Å². The molecular formula is C23H24ClN3O4. The Hall–Kier alpha value is -3.06. The number of piperidine rings is 1. The summed E-state index contributed by atoms with van der Waals surface area (Å²) in [4.78, 5) is 33.9. The highest BCUT2D eigenvalue weighted by Gasteiger charge is 2.30. The van der Waals surface area contributed by atoms with Crippen LogP contribution in [0.1, 0.15) is 56.8 Å². The molecule has 4 heterocycles. The first kappa shape index (κ1) is 21.2. The zero-order chi connectivity index (χ0) is 22.0. The smallest absolute Gasteiger partial charge is 0.289 e. The number of likely N-dealkylation sites (tertiary alicyclic amines) is 1. The van der Waals surface area contributed by atoms with E-state index in [4.69, 9.17) is 25.4 Å². The van der Waals surface area contributed by atoms with Crippen LogP contribution in [-0.4, -0.2) is 46.7 Å². The van der Waals surface area contributed by atoms with Gasteiger partial charge < -0.3 is 18.6 Å². The summed E-state index contributed by atoms with van der Waals surface area (Å²) in [5.74, 6) is 0.801. The number of rotatable bonds is 5. The minimum Gasteiger partial charge on any atom is -0.467 e. The predicted octanol–water partition coefficient (Wildman–Crippen LogP) is 4.52. The number of aryl methyl sites for hydroxylation is 1. The van der Waals surface area contributed by atoms with Crippen LogP contribution in [0.2, 0.25) is 5.22 Å². The monoisotopic (exact) mass is 441 g/mol. The first-order valence-corrected chi connectivity index (χ1v) is 10.6. The van der Waals surface area contributed by atoms with E-state index in [1.165, 1.54) is 0 Å². The molecule has 0 aromatic carbocycles. The molecule has 3 aromatic rings. The number of hydrogen-bond donors (Lipinski definition) is 0. The Labute approximate surface area is 185 Å². The van der Waals surface area contributed by atoms with Crippen LogP contribution >= 0.6 is 11.6 Å². The summed E-state index contributed by atoms with van der Waals surface area (Å²) >= 11 is 5.79. The molecule has 0 bridgehead atoms. The summed E-state index contributed by atoms with van der Waals surface area (Å²) in [5, 5.41) is 0.198. The Kier molecular flexibility index (Phi) is 6.13. The lowest BCUT2D eigenvalue weighted by Crippen LogP contribution is -2.38. The highest BCUT2D eigenvalue weighted by Crippen LogP contribution is 2.31. The molecule has 3 aromatic heterocycles.